The molecule has 1 amide bonds. The highest BCUT2D eigenvalue weighted by molar-refractivity contribution is 6.40. The number of hydrogen-bond donors (Lipinski definition) is 2. The van der Waals surface area contributed by atoms with Gasteiger partial charge in [-0.1, -0.05) is 30.1 Å². The second kappa shape index (κ2) is 6.55. The summed E-state index contributed by atoms with van der Waals surface area (Å²) in [6.45, 7) is 3.10. The van der Waals surface area contributed by atoms with E-state index in [9.17, 15) is 24.4 Å². The number of halogens is 3. The van der Waals surface area contributed by atoms with Gasteiger partial charge in [-0.25, -0.2) is 4.39 Å². The first-order valence-corrected chi connectivity index (χ1v) is 6.68. The normalized spacial score (nSPS) is 13.6. The van der Waals surface area contributed by atoms with Crippen molar-refractivity contribution in [1.29, 1.82) is 0 Å². The minimum atomic E-state index is -1.15. The minimum Gasteiger partial charge on any atom is -0.388 e. The van der Waals surface area contributed by atoms with Gasteiger partial charge in [0, 0.05) is 6.54 Å². The van der Waals surface area contributed by atoms with E-state index in [2.05, 4.69) is 5.32 Å². The Morgan fingerprint density at radius 3 is 2.57 bits per heavy atom. The molecule has 0 fully saturated rings. The third-order valence-electron chi connectivity index (χ3n) is 2.95. The predicted octanol–water partition coefficient (Wildman–Crippen LogP) is 2.93. The van der Waals surface area contributed by atoms with Crippen LogP contribution in [0.15, 0.2) is 6.07 Å². The fraction of sp³-hybridized carbons (Fsp3) is 0.417. The minimum absolute atomic E-state index is 0.114. The number of nitro benzene ring substituents is 1. The molecule has 0 aliphatic heterocycles. The highest BCUT2D eigenvalue weighted by Crippen LogP contribution is 2.37. The van der Waals surface area contributed by atoms with Crippen LogP contribution in [0.1, 0.15) is 30.6 Å². The average Bonchev–Trinajstić information content (AvgIpc) is 2.40. The van der Waals surface area contributed by atoms with Gasteiger partial charge in [-0.2, -0.15) is 0 Å². The van der Waals surface area contributed by atoms with Crippen molar-refractivity contribution in [1.82, 2.24) is 5.32 Å². The Hall–Kier alpha value is -1.44. The number of nitro groups is 1. The van der Waals surface area contributed by atoms with Crippen LogP contribution in [-0.2, 0) is 0 Å². The van der Waals surface area contributed by atoms with Crippen molar-refractivity contribution < 1.29 is 19.2 Å². The van der Waals surface area contributed by atoms with E-state index in [0.717, 1.165) is 0 Å². The van der Waals surface area contributed by atoms with E-state index in [0.29, 0.717) is 12.5 Å². The van der Waals surface area contributed by atoms with E-state index in [1.165, 1.54) is 6.92 Å². The van der Waals surface area contributed by atoms with Crippen LogP contribution >= 0.6 is 23.2 Å². The van der Waals surface area contributed by atoms with E-state index in [1.54, 1.807) is 6.92 Å². The maximum atomic E-state index is 13.6. The fourth-order valence-corrected chi connectivity index (χ4v) is 1.98. The molecule has 0 radical (unpaired) electrons. The van der Waals surface area contributed by atoms with Crippen molar-refractivity contribution in [3.63, 3.8) is 0 Å². The summed E-state index contributed by atoms with van der Waals surface area (Å²) < 4.78 is 13.6. The van der Waals surface area contributed by atoms with Gasteiger partial charge in [0.05, 0.1) is 16.1 Å². The number of carbonyl (C=O) groups is 1. The van der Waals surface area contributed by atoms with Crippen LogP contribution in [0.2, 0.25) is 10.0 Å². The molecule has 0 saturated carbocycles. The van der Waals surface area contributed by atoms with Crippen molar-refractivity contribution in [3.8, 4) is 0 Å². The Bertz CT molecular complexity index is 593. The van der Waals surface area contributed by atoms with Gasteiger partial charge in [-0.05, 0) is 19.4 Å². The Morgan fingerprint density at radius 2 is 2.10 bits per heavy atom. The van der Waals surface area contributed by atoms with Gasteiger partial charge in [0.1, 0.15) is 10.8 Å². The van der Waals surface area contributed by atoms with Crippen LogP contribution in [0, 0.1) is 15.9 Å². The molecular formula is C12H13Cl2FN2O4. The van der Waals surface area contributed by atoms with Gasteiger partial charge >= 0.3 is 5.69 Å². The van der Waals surface area contributed by atoms with Gasteiger partial charge in [-0.3, -0.25) is 14.9 Å². The molecule has 0 spiro atoms. The zero-order valence-corrected chi connectivity index (χ0v) is 12.8. The smallest absolute Gasteiger partial charge is 0.310 e. The summed E-state index contributed by atoms with van der Waals surface area (Å²) in [7, 11) is 0. The number of carbonyl (C=O) groups excluding carboxylic acids is 1. The Morgan fingerprint density at radius 1 is 1.52 bits per heavy atom. The topological polar surface area (TPSA) is 92.5 Å². The van der Waals surface area contributed by atoms with E-state index < -0.39 is 43.5 Å². The van der Waals surface area contributed by atoms with Crippen LogP contribution in [-0.4, -0.2) is 28.1 Å². The number of hydrogen-bond acceptors (Lipinski definition) is 4. The molecular weight excluding hydrogens is 326 g/mol. The van der Waals surface area contributed by atoms with Gasteiger partial charge in [0.15, 0.2) is 5.02 Å². The number of rotatable bonds is 5. The first-order valence-electron chi connectivity index (χ1n) is 5.93. The van der Waals surface area contributed by atoms with Gasteiger partial charge in [-0.15, -0.1) is 0 Å². The molecule has 6 nitrogen and oxygen atoms in total. The third-order valence-corrected chi connectivity index (χ3v) is 3.69. The monoisotopic (exact) mass is 338 g/mol. The summed E-state index contributed by atoms with van der Waals surface area (Å²) in [5, 5.41) is 21.6. The third kappa shape index (κ3) is 4.03. The van der Waals surface area contributed by atoms with E-state index >= 15 is 0 Å². The number of amides is 1. The molecule has 1 atom stereocenters. The van der Waals surface area contributed by atoms with Gasteiger partial charge in [0.25, 0.3) is 5.91 Å². The van der Waals surface area contributed by atoms with Gasteiger partial charge < -0.3 is 10.4 Å². The molecule has 0 aromatic heterocycles. The van der Waals surface area contributed by atoms with E-state index in [1.807, 2.05) is 0 Å². The van der Waals surface area contributed by atoms with Crippen LogP contribution in [0.5, 0.6) is 0 Å². The summed E-state index contributed by atoms with van der Waals surface area (Å²) in [5.41, 5.74) is -2.44. The maximum Gasteiger partial charge on any atom is 0.310 e. The summed E-state index contributed by atoms with van der Waals surface area (Å²) in [6.07, 6.45) is 0.371. The number of nitrogens with one attached hydrogen (secondary N) is 1. The van der Waals surface area contributed by atoms with E-state index in [-0.39, 0.29) is 6.54 Å². The maximum absolute atomic E-state index is 13.6. The molecule has 0 saturated heterocycles. The second-order valence-electron chi connectivity index (χ2n) is 4.67. The van der Waals surface area contributed by atoms with Crippen LogP contribution in [0.3, 0.4) is 0 Å². The van der Waals surface area contributed by atoms with Crippen LogP contribution in [0.4, 0.5) is 10.1 Å². The molecule has 1 rings (SSSR count). The van der Waals surface area contributed by atoms with Crippen molar-refractivity contribution >= 4 is 34.8 Å². The van der Waals surface area contributed by atoms with Crippen molar-refractivity contribution in [2.75, 3.05) is 6.54 Å². The van der Waals surface area contributed by atoms with Crippen LogP contribution in [0.25, 0.3) is 0 Å². The average molecular weight is 339 g/mol. The highest BCUT2D eigenvalue weighted by atomic mass is 35.5. The molecule has 1 aromatic carbocycles. The molecule has 1 aromatic rings. The first-order chi connectivity index (χ1) is 9.60. The Balaban J connectivity index is 3.14. The number of aliphatic hydroxyl groups is 1. The quantitative estimate of drug-likeness (QED) is 0.490. The Kier molecular flexibility index (Phi) is 5.49. The lowest BCUT2D eigenvalue weighted by Crippen LogP contribution is -2.40. The summed E-state index contributed by atoms with van der Waals surface area (Å²) in [4.78, 5) is 21.8. The Labute approximate surface area is 130 Å². The lowest BCUT2D eigenvalue weighted by molar-refractivity contribution is -0.384. The molecule has 0 bridgehead atoms. The van der Waals surface area contributed by atoms with Gasteiger partial charge in [0.2, 0.25) is 0 Å². The molecule has 1 unspecified atom stereocenters. The summed E-state index contributed by atoms with van der Waals surface area (Å²) >= 11 is 11.2. The zero-order valence-electron chi connectivity index (χ0n) is 11.2. The SMILES string of the molecule is CCC(C)(O)CNC(=O)c1cc(F)c(Cl)c([N+](=O)[O-])c1Cl. The molecule has 0 aliphatic rings. The standard InChI is InChI=1S/C12H13Cl2FN2O4/c1-3-12(2,19)5-16-11(18)6-4-7(15)9(14)10(8(6)13)17(20)21/h4,19H,3,5H2,1-2H3,(H,16,18). The van der Waals surface area contributed by atoms with E-state index in [4.69, 9.17) is 23.2 Å². The van der Waals surface area contributed by atoms with Crippen molar-refractivity contribution in [2.45, 2.75) is 25.9 Å². The summed E-state index contributed by atoms with van der Waals surface area (Å²) in [6, 6.07) is 0.716. The number of benzene rings is 1. The molecule has 9 heteroatoms. The van der Waals surface area contributed by atoms with Crippen molar-refractivity contribution in [2.24, 2.45) is 0 Å². The predicted molar refractivity (Wildman–Crippen MR) is 76.3 cm³/mol. The zero-order chi connectivity index (χ0) is 16.4. The fourth-order valence-electron chi connectivity index (χ4n) is 1.41. The lowest BCUT2D eigenvalue weighted by atomic mass is 10.0. The number of nitrogens with zero attached hydrogens (tertiary/aromatic N) is 1. The lowest BCUT2D eigenvalue weighted by Gasteiger charge is -2.21. The molecule has 0 aliphatic carbocycles. The molecule has 21 heavy (non-hydrogen) atoms. The molecule has 0 heterocycles. The second-order valence-corrected chi connectivity index (χ2v) is 5.43. The molecule has 116 valence electrons. The largest absolute Gasteiger partial charge is 0.388 e. The first kappa shape index (κ1) is 17.6. The van der Waals surface area contributed by atoms with Crippen molar-refractivity contribution in [3.05, 3.63) is 37.6 Å². The molecule has 2 N–H and O–H groups in total. The summed E-state index contributed by atoms with van der Waals surface area (Å²) in [5.74, 6) is -1.97. The van der Waals surface area contributed by atoms with Crippen LogP contribution < -0.4 is 5.32 Å². The highest BCUT2D eigenvalue weighted by Gasteiger charge is 2.28.